The Balaban J connectivity index is 2.15. The van der Waals surface area contributed by atoms with Crippen molar-refractivity contribution >= 4 is 17.6 Å². The fraction of sp³-hybridized carbons (Fsp3) is 0.727. The van der Waals surface area contributed by atoms with Gasteiger partial charge < -0.3 is 14.1 Å². The Morgan fingerprint density at radius 1 is 1.62 bits per heavy atom. The van der Waals surface area contributed by atoms with E-state index in [1.165, 1.54) is 0 Å². The van der Waals surface area contributed by atoms with Crippen molar-refractivity contribution in [2.24, 2.45) is 0 Å². The van der Waals surface area contributed by atoms with Gasteiger partial charge in [-0.05, 0) is 13.3 Å². The minimum Gasteiger partial charge on any atom is -0.432 e. The predicted molar refractivity (Wildman–Crippen MR) is 62.9 cm³/mol. The molecular weight excluding hydrogens is 228 g/mol. The van der Waals surface area contributed by atoms with E-state index in [2.05, 4.69) is 23.7 Å². The minimum atomic E-state index is 0.217. The van der Waals surface area contributed by atoms with Gasteiger partial charge in [0.1, 0.15) is 6.26 Å². The first-order chi connectivity index (χ1) is 7.74. The number of alkyl halides is 1. The van der Waals surface area contributed by atoms with E-state index in [9.17, 15) is 0 Å². The molecule has 1 saturated heterocycles. The number of halogens is 1. The van der Waals surface area contributed by atoms with Gasteiger partial charge >= 0.3 is 0 Å². The van der Waals surface area contributed by atoms with Crippen LogP contribution < -0.4 is 4.90 Å². The van der Waals surface area contributed by atoms with Crippen LogP contribution in [-0.4, -0.2) is 30.3 Å². The molecule has 0 aliphatic carbocycles. The molecule has 0 N–H and O–H groups in total. The summed E-state index contributed by atoms with van der Waals surface area (Å²) in [5.74, 6) is 0.389. The van der Waals surface area contributed by atoms with Crippen LogP contribution in [0, 0.1) is 0 Å². The first-order valence-corrected chi connectivity index (χ1v) is 6.16. The number of rotatable bonds is 3. The molecule has 0 aromatic carbocycles. The number of ether oxygens (including phenoxy) is 1. The van der Waals surface area contributed by atoms with Gasteiger partial charge in [0.25, 0.3) is 6.01 Å². The summed E-state index contributed by atoms with van der Waals surface area (Å²) in [6, 6.07) is 1.01. The van der Waals surface area contributed by atoms with Crippen LogP contribution >= 0.6 is 11.6 Å². The van der Waals surface area contributed by atoms with Crippen LogP contribution in [0.15, 0.2) is 10.7 Å². The molecule has 0 radical (unpaired) electrons. The smallest absolute Gasteiger partial charge is 0.297 e. The third-order valence-electron chi connectivity index (χ3n) is 2.86. The highest BCUT2D eigenvalue weighted by Crippen LogP contribution is 2.23. The summed E-state index contributed by atoms with van der Waals surface area (Å²) >= 11 is 5.71. The summed E-state index contributed by atoms with van der Waals surface area (Å²) in [6.45, 7) is 5.75. The molecule has 16 heavy (non-hydrogen) atoms. The maximum absolute atomic E-state index is 5.71. The SMILES string of the molecule is CCC1COC(C)CN1c1nc(CCl)co1. The first kappa shape index (κ1) is 11.7. The highest BCUT2D eigenvalue weighted by Gasteiger charge is 2.28. The lowest BCUT2D eigenvalue weighted by Crippen LogP contribution is -2.48. The third kappa shape index (κ3) is 2.33. The topological polar surface area (TPSA) is 38.5 Å². The lowest BCUT2D eigenvalue weighted by Gasteiger charge is -2.37. The number of hydrogen-bond acceptors (Lipinski definition) is 4. The van der Waals surface area contributed by atoms with E-state index >= 15 is 0 Å². The van der Waals surface area contributed by atoms with Gasteiger partial charge in [-0.2, -0.15) is 4.98 Å². The largest absolute Gasteiger partial charge is 0.432 e. The maximum atomic E-state index is 5.71. The Morgan fingerprint density at radius 3 is 3.06 bits per heavy atom. The van der Waals surface area contributed by atoms with Crippen molar-refractivity contribution < 1.29 is 9.15 Å². The molecule has 1 aliphatic rings. The summed E-state index contributed by atoms with van der Waals surface area (Å²) in [7, 11) is 0. The van der Waals surface area contributed by atoms with Crippen LogP contribution in [-0.2, 0) is 10.6 Å². The molecule has 0 saturated carbocycles. The van der Waals surface area contributed by atoms with Crippen molar-refractivity contribution in [2.45, 2.75) is 38.3 Å². The van der Waals surface area contributed by atoms with Crippen LogP contribution in [0.1, 0.15) is 26.0 Å². The van der Waals surface area contributed by atoms with Gasteiger partial charge in [0.2, 0.25) is 0 Å². The van der Waals surface area contributed by atoms with Crippen molar-refractivity contribution in [3.05, 3.63) is 12.0 Å². The molecule has 4 nitrogen and oxygen atoms in total. The number of anilines is 1. The van der Waals surface area contributed by atoms with E-state index in [0.29, 0.717) is 17.9 Å². The molecule has 1 fully saturated rings. The fourth-order valence-corrected chi connectivity index (χ4v) is 2.03. The molecule has 2 unspecified atom stereocenters. The van der Waals surface area contributed by atoms with E-state index in [1.807, 2.05) is 0 Å². The van der Waals surface area contributed by atoms with Crippen LogP contribution in [0.25, 0.3) is 0 Å². The molecule has 1 aliphatic heterocycles. The van der Waals surface area contributed by atoms with Gasteiger partial charge in [-0.3, -0.25) is 0 Å². The lowest BCUT2D eigenvalue weighted by atomic mass is 10.1. The van der Waals surface area contributed by atoms with E-state index in [-0.39, 0.29) is 6.10 Å². The van der Waals surface area contributed by atoms with Crippen molar-refractivity contribution in [1.82, 2.24) is 4.98 Å². The summed E-state index contributed by atoms with van der Waals surface area (Å²) in [4.78, 5) is 6.53. The second-order valence-corrected chi connectivity index (χ2v) is 4.38. The lowest BCUT2D eigenvalue weighted by molar-refractivity contribution is 0.0278. The second-order valence-electron chi connectivity index (χ2n) is 4.11. The van der Waals surface area contributed by atoms with Crippen molar-refractivity contribution in [1.29, 1.82) is 0 Å². The summed E-state index contributed by atoms with van der Waals surface area (Å²) in [5.41, 5.74) is 0.783. The van der Waals surface area contributed by atoms with E-state index in [4.69, 9.17) is 20.8 Å². The standard InChI is InChI=1S/C11H17ClN2O2/c1-3-10-7-15-8(2)5-14(10)11-13-9(4-12)6-16-11/h6,8,10H,3-5,7H2,1-2H3. The number of morpholine rings is 1. The number of hydrogen-bond donors (Lipinski definition) is 0. The molecule has 5 heteroatoms. The van der Waals surface area contributed by atoms with E-state index < -0.39 is 0 Å². The van der Waals surface area contributed by atoms with E-state index in [0.717, 1.165) is 25.3 Å². The zero-order chi connectivity index (χ0) is 11.5. The number of nitrogens with zero attached hydrogens (tertiary/aromatic N) is 2. The monoisotopic (exact) mass is 244 g/mol. The maximum Gasteiger partial charge on any atom is 0.297 e. The van der Waals surface area contributed by atoms with Gasteiger partial charge in [0.05, 0.1) is 30.3 Å². The van der Waals surface area contributed by atoms with E-state index in [1.54, 1.807) is 6.26 Å². The van der Waals surface area contributed by atoms with Crippen molar-refractivity contribution in [2.75, 3.05) is 18.1 Å². The van der Waals surface area contributed by atoms with Crippen LogP contribution in [0.2, 0.25) is 0 Å². The average molecular weight is 245 g/mol. The summed E-state index contributed by atoms with van der Waals surface area (Å²) < 4.78 is 11.1. The molecule has 0 amide bonds. The van der Waals surface area contributed by atoms with Gasteiger partial charge in [0.15, 0.2) is 0 Å². The molecule has 90 valence electrons. The minimum absolute atomic E-state index is 0.217. The Hall–Kier alpha value is -0.740. The average Bonchev–Trinajstić information content (AvgIpc) is 2.77. The zero-order valence-corrected chi connectivity index (χ0v) is 10.4. The van der Waals surface area contributed by atoms with Gasteiger partial charge in [-0.25, -0.2) is 0 Å². The predicted octanol–water partition coefficient (Wildman–Crippen LogP) is 2.42. The van der Waals surface area contributed by atoms with Crippen LogP contribution in [0.4, 0.5) is 6.01 Å². The van der Waals surface area contributed by atoms with Crippen LogP contribution in [0.3, 0.4) is 0 Å². The van der Waals surface area contributed by atoms with Crippen molar-refractivity contribution in [3.8, 4) is 0 Å². The Labute approximate surface area is 101 Å². The second kappa shape index (κ2) is 5.06. The highest BCUT2D eigenvalue weighted by atomic mass is 35.5. The van der Waals surface area contributed by atoms with Gasteiger partial charge in [0, 0.05) is 6.54 Å². The normalized spacial score (nSPS) is 26.1. The summed E-state index contributed by atoms with van der Waals surface area (Å²) in [5, 5.41) is 0. The van der Waals surface area contributed by atoms with Gasteiger partial charge in [-0.1, -0.05) is 6.92 Å². The zero-order valence-electron chi connectivity index (χ0n) is 9.65. The number of aromatic nitrogens is 1. The molecule has 2 atom stereocenters. The molecule has 0 bridgehead atoms. The Morgan fingerprint density at radius 2 is 2.44 bits per heavy atom. The molecule has 2 heterocycles. The molecule has 1 aromatic rings. The number of oxazole rings is 1. The third-order valence-corrected chi connectivity index (χ3v) is 3.14. The molecular formula is C11H17ClN2O2. The Bertz CT molecular complexity index is 342. The van der Waals surface area contributed by atoms with Crippen LogP contribution in [0.5, 0.6) is 0 Å². The first-order valence-electron chi connectivity index (χ1n) is 5.63. The summed E-state index contributed by atoms with van der Waals surface area (Å²) in [6.07, 6.45) is 2.86. The van der Waals surface area contributed by atoms with Gasteiger partial charge in [-0.15, -0.1) is 11.6 Å². The quantitative estimate of drug-likeness (QED) is 0.766. The highest BCUT2D eigenvalue weighted by molar-refractivity contribution is 6.16. The molecule has 2 rings (SSSR count). The fourth-order valence-electron chi connectivity index (χ4n) is 1.91. The van der Waals surface area contributed by atoms with Crippen molar-refractivity contribution in [3.63, 3.8) is 0 Å². The molecule has 1 aromatic heterocycles. The molecule has 0 spiro atoms. The Kier molecular flexibility index (Phi) is 3.71.